The molecule has 18 nitrogen and oxygen atoms in total. The summed E-state index contributed by atoms with van der Waals surface area (Å²) in [6.07, 6.45) is -10.9. The van der Waals surface area contributed by atoms with Crippen LogP contribution in [0.4, 0.5) is 52.7 Å². The van der Waals surface area contributed by atoms with Crippen molar-refractivity contribution in [1.82, 2.24) is 44.1 Å². The number of aromatic nitrogens is 6. The summed E-state index contributed by atoms with van der Waals surface area (Å²) in [5.74, 6) is -11.1. The number of hydrogen-bond donors (Lipinski definition) is 3. The molecule has 0 radical (unpaired) electrons. The van der Waals surface area contributed by atoms with Gasteiger partial charge in [-0.05, 0) is 52.8 Å². The van der Waals surface area contributed by atoms with E-state index in [0.717, 1.165) is 14.0 Å². The van der Waals surface area contributed by atoms with Gasteiger partial charge in [-0.3, -0.25) is 9.59 Å². The predicted octanol–water partition coefficient (Wildman–Crippen LogP) is 4.79. The summed E-state index contributed by atoms with van der Waals surface area (Å²) in [4.78, 5) is 36.6. The van der Waals surface area contributed by atoms with Crippen molar-refractivity contribution >= 4 is 30.1 Å². The van der Waals surface area contributed by atoms with E-state index < -0.39 is 114 Å². The molecule has 70 heavy (non-hydrogen) atoms. The number of carbonyl (C=O) groups excluding carboxylic acids is 2. The fourth-order valence-electron chi connectivity index (χ4n) is 6.96. The largest absolute Gasteiger partial charge is 0.565 e. The summed E-state index contributed by atoms with van der Waals surface area (Å²) in [5, 5.41) is 20.3. The number of halogens is 12. The number of alkyl halides is 6. The Morgan fingerprint density at radius 1 is 0.714 bits per heavy atom. The molecule has 0 spiro atoms. The van der Waals surface area contributed by atoms with Gasteiger partial charge >= 0.3 is 20.6 Å². The first-order valence-electron chi connectivity index (χ1n) is 19.8. The minimum Gasteiger partial charge on any atom is -0.565 e. The third kappa shape index (κ3) is 14.3. The SMILES string of the molecule is N[C@@H](CC(=O)N1CCn2c(nnc2C(F)(F)F)C1)Cc1cc(F)c(F)cc1F.O=C(C[C@@H](Cc1cc(F)c(F)cc1F)NS(=O)(=O)c1ccccc1)N1CCn2c(nnc2C(F)(F)F)C1.O=[P+]([O-])OO.[HH]. The lowest BCUT2D eigenvalue weighted by Crippen LogP contribution is -2.44. The second kappa shape index (κ2) is 22.8. The fourth-order valence-corrected chi connectivity index (χ4v) is 8.21. The van der Waals surface area contributed by atoms with Crippen molar-refractivity contribution in [3.63, 3.8) is 0 Å². The van der Waals surface area contributed by atoms with E-state index in [1.54, 1.807) is 6.07 Å². The van der Waals surface area contributed by atoms with Gasteiger partial charge in [-0.1, -0.05) is 18.2 Å². The summed E-state index contributed by atoms with van der Waals surface area (Å²) in [5.41, 5.74) is 5.27. The van der Waals surface area contributed by atoms with Crippen molar-refractivity contribution < 1.29 is 91.5 Å². The highest BCUT2D eigenvalue weighted by Gasteiger charge is 2.41. The van der Waals surface area contributed by atoms with Crippen LogP contribution in [0.2, 0.25) is 0 Å². The summed E-state index contributed by atoms with van der Waals surface area (Å²) >= 11 is 0. The molecule has 4 N–H and O–H groups in total. The lowest BCUT2D eigenvalue weighted by Gasteiger charge is -2.29. The van der Waals surface area contributed by atoms with E-state index in [9.17, 15) is 70.7 Å². The first kappa shape index (κ1) is 54.8. The highest BCUT2D eigenvalue weighted by atomic mass is 32.2. The van der Waals surface area contributed by atoms with Gasteiger partial charge in [0.05, 0.1) is 18.0 Å². The lowest BCUT2D eigenvalue weighted by molar-refractivity contribution is -0.244. The average Bonchev–Trinajstić information content (AvgIpc) is 3.93. The van der Waals surface area contributed by atoms with Crippen LogP contribution in [0.3, 0.4) is 0 Å². The van der Waals surface area contributed by atoms with E-state index >= 15 is 0 Å². The monoisotopic (exact) mass is 1050 g/mol. The van der Waals surface area contributed by atoms with Gasteiger partial charge in [0, 0.05) is 69.3 Å². The molecule has 2 amide bonds. The standard InChI is InChI=1S/C22H19F6N5O3S.C16H15F6N5O.HO4P.H2/c23-16-11-18(25)17(24)9-13(16)8-14(31-37(35,36)15-4-2-1-3-5-15)10-20(34)32-6-7-33-19(12-32)29-30-21(33)22(26,27)28;17-10-6-12(19)11(18)4-8(10)3-9(23)5-14(28)26-1-2-27-13(7-26)24-25-15(27)16(20,21)22;1-4-5(2)3;/h1-5,9,11,14,31H,6-8,10,12H2;4,6,9H,1-3,5,7,23H2;1H;1H/t14-;9-;;/m11../s1. The number of fused-ring (bicyclic) bond motifs is 2. The number of nitrogens with one attached hydrogen (secondary N) is 1. The van der Waals surface area contributed by atoms with E-state index in [1.165, 1.54) is 29.2 Å². The maximum atomic E-state index is 14.3. The molecule has 2 aliphatic rings. The molecule has 3 atom stereocenters. The average molecular weight is 1050 g/mol. The molecule has 3 aromatic carbocycles. The van der Waals surface area contributed by atoms with Crippen LogP contribution in [0.5, 0.6) is 0 Å². The van der Waals surface area contributed by atoms with Crippen LogP contribution in [0.25, 0.3) is 0 Å². The van der Waals surface area contributed by atoms with Crippen LogP contribution in [0.1, 0.15) is 48.7 Å². The van der Waals surface area contributed by atoms with Crippen LogP contribution >= 0.6 is 8.25 Å². The normalized spacial score (nSPS) is 14.9. The van der Waals surface area contributed by atoms with Crippen molar-refractivity contribution in [2.24, 2.45) is 5.73 Å². The Kier molecular flexibility index (Phi) is 17.8. The zero-order chi connectivity index (χ0) is 51.9. The minimum absolute atomic E-state index is 0. The molecule has 2 aliphatic heterocycles. The molecule has 0 saturated heterocycles. The summed E-state index contributed by atoms with van der Waals surface area (Å²) in [6.45, 7) is -1.02. The quantitative estimate of drug-likeness (QED) is 0.0501. The van der Waals surface area contributed by atoms with Gasteiger partial charge in [0.2, 0.25) is 33.5 Å². The predicted molar refractivity (Wildman–Crippen MR) is 212 cm³/mol. The molecular weight excluding hydrogens is 1020 g/mol. The Morgan fingerprint density at radius 2 is 1.13 bits per heavy atom. The van der Waals surface area contributed by atoms with Gasteiger partial charge in [-0.15, -0.1) is 20.4 Å². The van der Waals surface area contributed by atoms with Crippen molar-refractivity contribution in [3.05, 3.63) is 124 Å². The first-order chi connectivity index (χ1) is 32.7. The number of sulfonamides is 1. The topological polar surface area (TPSA) is 244 Å². The van der Waals surface area contributed by atoms with E-state index in [1.807, 2.05) is 0 Å². The van der Waals surface area contributed by atoms with Crippen molar-refractivity contribution in [2.45, 2.75) is 81.2 Å². The smallest absolute Gasteiger partial charge is 0.521 e. The number of nitrogens with zero attached hydrogens (tertiary/aromatic N) is 8. The molecule has 0 saturated carbocycles. The molecule has 32 heteroatoms. The molecule has 5 aromatic rings. The third-order valence-corrected chi connectivity index (χ3v) is 11.8. The molecule has 7 rings (SSSR count). The molecule has 0 fully saturated rings. The third-order valence-electron chi connectivity index (χ3n) is 10.1. The number of benzene rings is 3. The second-order valence-electron chi connectivity index (χ2n) is 15.0. The van der Waals surface area contributed by atoms with Crippen molar-refractivity contribution in [1.29, 1.82) is 0 Å². The number of hydrogen-bond acceptors (Lipinski definition) is 13. The van der Waals surface area contributed by atoms with Crippen LogP contribution in [0, 0.1) is 34.9 Å². The Bertz CT molecular complexity index is 2810. The summed E-state index contributed by atoms with van der Waals surface area (Å²) in [6, 6.07) is 6.84. The lowest BCUT2D eigenvalue weighted by atomic mass is 10.0. The van der Waals surface area contributed by atoms with Crippen molar-refractivity contribution in [2.75, 3.05) is 13.1 Å². The molecule has 382 valence electrons. The number of nitrogens with two attached hydrogens (primary N) is 1. The van der Waals surface area contributed by atoms with E-state index in [-0.39, 0.29) is 81.2 Å². The van der Waals surface area contributed by atoms with Crippen LogP contribution < -0.4 is 15.3 Å². The first-order valence-corrected chi connectivity index (χ1v) is 22.4. The Hall–Kier alpha value is -6.11. The zero-order valence-corrected chi connectivity index (χ0v) is 37.0. The van der Waals surface area contributed by atoms with E-state index in [4.69, 9.17) is 20.4 Å². The second-order valence-corrected chi connectivity index (χ2v) is 17.4. The Balaban J connectivity index is 0.000000286. The van der Waals surface area contributed by atoms with E-state index in [0.29, 0.717) is 24.3 Å². The number of rotatable bonds is 12. The minimum atomic E-state index is -4.73. The zero-order valence-electron chi connectivity index (χ0n) is 35.3. The summed E-state index contributed by atoms with van der Waals surface area (Å²) < 4.78 is 200. The van der Waals surface area contributed by atoms with E-state index in [2.05, 4.69) is 29.8 Å². The van der Waals surface area contributed by atoms with Crippen molar-refractivity contribution in [3.8, 4) is 0 Å². The van der Waals surface area contributed by atoms with Gasteiger partial charge in [-0.2, -0.15) is 26.3 Å². The Morgan fingerprint density at radius 3 is 1.56 bits per heavy atom. The van der Waals surface area contributed by atoms with Gasteiger partial charge < -0.3 is 29.6 Å². The van der Waals surface area contributed by atoms with Crippen LogP contribution in [-0.4, -0.2) is 90.0 Å². The van der Waals surface area contributed by atoms with Crippen LogP contribution in [-0.2, 0) is 80.2 Å². The molecule has 0 aliphatic carbocycles. The fraction of sp³-hybridized carbons (Fsp3) is 0.368. The van der Waals surface area contributed by atoms with Crippen LogP contribution in [0.15, 0.2) is 59.5 Å². The Labute approximate surface area is 389 Å². The highest BCUT2D eigenvalue weighted by molar-refractivity contribution is 7.89. The van der Waals surface area contributed by atoms with Gasteiger partial charge in [0.25, 0.3) is 0 Å². The maximum absolute atomic E-state index is 14.3. The molecule has 2 aromatic heterocycles. The number of amides is 2. The van der Waals surface area contributed by atoms with Gasteiger partial charge in [-0.25, -0.2) is 44.7 Å². The highest BCUT2D eigenvalue weighted by Crippen LogP contribution is 2.31. The molecule has 0 bridgehead atoms. The molecule has 4 heterocycles. The molecular formula is C38H37F12N10O8PS. The molecule has 1 unspecified atom stereocenters. The van der Waals surface area contributed by atoms with Gasteiger partial charge in [0.1, 0.15) is 11.6 Å². The summed E-state index contributed by atoms with van der Waals surface area (Å²) in [7, 11) is -7.25. The number of carbonyl (C=O) groups is 2. The van der Waals surface area contributed by atoms with Gasteiger partial charge in [0.15, 0.2) is 34.9 Å². The maximum Gasteiger partial charge on any atom is 0.521 e.